The monoisotopic (exact) mass is 984 g/mol. The number of nitrogens with one attached hydrogen (secondary N) is 3. The van der Waals surface area contributed by atoms with Gasteiger partial charge in [0.15, 0.2) is 11.5 Å². The van der Waals surface area contributed by atoms with Crippen molar-refractivity contribution in [2.45, 2.75) is 29.9 Å². The van der Waals surface area contributed by atoms with E-state index in [-0.39, 0.29) is 86.3 Å². The Bertz CT molecular complexity index is 2840. The summed E-state index contributed by atoms with van der Waals surface area (Å²) in [6, 6.07) is 16.3. The second kappa shape index (κ2) is 22.2. The number of nitriles is 1. The molecule has 1 atom stereocenters. The van der Waals surface area contributed by atoms with E-state index < -0.39 is 96.8 Å². The number of carbonyl (C=O) groups is 6. The van der Waals surface area contributed by atoms with Gasteiger partial charge in [0.2, 0.25) is 0 Å². The Kier molecular flexibility index (Phi) is 16.7. The largest absolute Gasteiger partial charge is 0.488 e. The highest BCUT2D eigenvalue weighted by Gasteiger charge is 2.28. The van der Waals surface area contributed by atoms with Gasteiger partial charge in [-0.1, -0.05) is 12.1 Å². The molecule has 21 nitrogen and oxygen atoms in total. The van der Waals surface area contributed by atoms with Crippen LogP contribution in [0.4, 0.5) is 4.39 Å². The fraction of sp³-hybridized carbons (Fsp3) is 0.214. The van der Waals surface area contributed by atoms with Crippen LogP contribution < -0.4 is 29.4 Å². The summed E-state index contributed by atoms with van der Waals surface area (Å²) < 4.78 is 72.2. The van der Waals surface area contributed by atoms with Gasteiger partial charge in [-0.15, -0.1) is 11.3 Å². The highest BCUT2D eigenvalue weighted by atomic mass is 32.2. The number of rotatable bonds is 24. The Morgan fingerprint density at radius 1 is 0.687 bits per heavy atom. The summed E-state index contributed by atoms with van der Waals surface area (Å²) in [6.45, 7) is -0.712. The van der Waals surface area contributed by atoms with E-state index in [2.05, 4.69) is 10.6 Å². The van der Waals surface area contributed by atoms with Crippen LogP contribution in [0.3, 0.4) is 0 Å². The number of carbonyl (C=O) groups excluding carboxylic acids is 2. The number of hydrogen-bond acceptors (Lipinski definition) is 14. The Morgan fingerprint density at radius 2 is 1.18 bits per heavy atom. The van der Waals surface area contributed by atoms with Gasteiger partial charge in [0.05, 0.1) is 44.3 Å². The van der Waals surface area contributed by atoms with Crippen LogP contribution in [-0.4, -0.2) is 102 Å². The molecule has 4 aromatic carbocycles. The molecule has 1 unspecified atom stereocenters. The number of hydrogen-bond donors (Lipinski definition) is 8. The van der Waals surface area contributed by atoms with Crippen molar-refractivity contribution in [2.24, 2.45) is 0 Å². The Balaban J connectivity index is 1.31. The first-order chi connectivity index (χ1) is 31.6. The first-order valence-corrected chi connectivity index (χ1v) is 23.4. The maximum absolute atomic E-state index is 14.0. The highest BCUT2D eigenvalue weighted by molar-refractivity contribution is 7.92. The lowest BCUT2D eigenvalue weighted by molar-refractivity contribution is -0.137. The zero-order valence-electron chi connectivity index (χ0n) is 34.5. The predicted molar refractivity (Wildman–Crippen MR) is 232 cm³/mol. The highest BCUT2D eigenvalue weighted by Crippen LogP contribution is 2.43. The maximum atomic E-state index is 14.0. The Hall–Kier alpha value is -7.42. The number of aliphatic carboxylic acids is 4. The van der Waals surface area contributed by atoms with E-state index in [1.807, 2.05) is 4.72 Å². The zero-order valence-corrected chi connectivity index (χ0v) is 37.0. The molecule has 352 valence electrons. The molecule has 0 fully saturated rings. The van der Waals surface area contributed by atoms with E-state index in [4.69, 9.17) is 19.3 Å². The molecule has 67 heavy (non-hydrogen) atoms. The fourth-order valence-electron chi connectivity index (χ4n) is 6.17. The number of halogens is 1. The van der Waals surface area contributed by atoms with Crippen molar-refractivity contribution >= 4 is 74.7 Å². The number of ether oxygens (including phenoxy) is 2. The third kappa shape index (κ3) is 14.5. The van der Waals surface area contributed by atoms with Gasteiger partial charge in [0.25, 0.3) is 21.8 Å². The van der Waals surface area contributed by atoms with Gasteiger partial charge < -0.3 is 50.0 Å². The SMILES string of the molecule is N#Cc1ccc(OP(=O)(O)CNS(=O)(=O)c2cc3cc(OCCNC(=O)c4ccc(CC(=O)O)c(CC(=O)O)c4)c(OCCNC(=O)c4ccc(CC(=O)O)c(CC(=O)O)c4)cc3s2)cc1F. The van der Waals surface area contributed by atoms with Crippen LogP contribution in [0.5, 0.6) is 17.2 Å². The van der Waals surface area contributed by atoms with E-state index >= 15 is 0 Å². The summed E-state index contributed by atoms with van der Waals surface area (Å²) in [6.07, 6.45) is -3.12. The molecule has 0 aliphatic heterocycles. The van der Waals surface area contributed by atoms with Gasteiger partial charge in [-0.05, 0) is 76.2 Å². The number of amides is 2. The van der Waals surface area contributed by atoms with Gasteiger partial charge in [-0.3, -0.25) is 28.8 Å². The zero-order chi connectivity index (χ0) is 49.1. The molecule has 0 saturated carbocycles. The van der Waals surface area contributed by atoms with Gasteiger partial charge >= 0.3 is 31.5 Å². The molecule has 5 aromatic rings. The minimum absolute atomic E-state index is 0.0276. The summed E-state index contributed by atoms with van der Waals surface area (Å²) >= 11 is 0.725. The number of nitrogens with zero attached hydrogens (tertiary/aromatic N) is 1. The first kappa shape index (κ1) is 50.6. The van der Waals surface area contributed by atoms with E-state index in [9.17, 15) is 71.5 Å². The molecule has 25 heteroatoms. The lowest BCUT2D eigenvalue weighted by Crippen LogP contribution is -2.29. The van der Waals surface area contributed by atoms with Crippen LogP contribution in [0.15, 0.2) is 77.0 Å². The van der Waals surface area contributed by atoms with Gasteiger partial charge in [-0.25, -0.2) is 17.4 Å². The fourth-order valence-corrected chi connectivity index (χ4v) is 10.1. The number of carboxylic acids is 4. The van der Waals surface area contributed by atoms with Gasteiger partial charge in [0, 0.05) is 28.0 Å². The average Bonchev–Trinajstić information content (AvgIpc) is 3.67. The summed E-state index contributed by atoms with van der Waals surface area (Å²) in [4.78, 5) is 81.6. The van der Waals surface area contributed by atoms with Crippen molar-refractivity contribution in [3.05, 3.63) is 118 Å². The second-order valence-electron chi connectivity index (χ2n) is 14.1. The topological polar surface area (TPSA) is 342 Å². The van der Waals surface area contributed by atoms with Crippen LogP contribution in [-0.2, 0) is 59.4 Å². The third-order valence-electron chi connectivity index (χ3n) is 9.18. The van der Waals surface area contributed by atoms with Crippen molar-refractivity contribution < 1.29 is 85.5 Å². The second-order valence-corrected chi connectivity index (χ2v) is 19.0. The standard InChI is InChI=1S/C42H38FN4O17PS2/c43-32-19-31(6-5-27(32)21-44)64-65(58,59)22-47-67(60,61)40-18-30-13-33(62-9-7-45-41(56)25-3-1-23(14-36(48)49)28(11-25)16-38(52)53)34(20-35(30)66-40)63-10-8-46-42(57)26-4-2-24(15-37(50)51)29(12-26)17-39(54)55/h1-6,11-13,18-20,47H,7-10,14-17,22H2,(H,45,56)(H,46,57)(H,48,49)(H,50,51)(H,52,53)(H,54,55)(H,58,59). The van der Waals surface area contributed by atoms with Crippen LogP contribution in [0.25, 0.3) is 10.1 Å². The van der Waals surface area contributed by atoms with Crippen molar-refractivity contribution in [1.29, 1.82) is 5.26 Å². The van der Waals surface area contributed by atoms with Crippen molar-refractivity contribution in [2.75, 3.05) is 32.6 Å². The van der Waals surface area contributed by atoms with Gasteiger partial charge in [-0.2, -0.15) is 9.98 Å². The number of sulfonamides is 1. The Labute approximate surface area is 382 Å². The lowest BCUT2D eigenvalue weighted by atomic mass is 9.98. The number of fused-ring (bicyclic) bond motifs is 1. The van der Waals surface area contributed by atoms with E-state index in [0.29, 0.717) is 10.8 Å². The van der Waals surface area contributed by atoms with Crippen LogP contribution in [0.1, 0.15) is 48.5 Å². The summed E-state index contributed by atoms with van der Waals surface area (Å²) in [5.74, 6) is -7.56. The first-order valence-electron chi connectivity index (χ1n) is 19.3. The molecule has 1 aromatic heterocycles. The quantitative estimate of drug-likeness (QED) is 0.0324. The molecular weight excluding hydrogens is 947 g/mol. The number of carboxylic acid groups (broad SMARTS) is 4. The molecule has 0 aliphatic carbocycles. The third-order valence-corrected chi connectivity index (χ3v) is 13.4. The predicted octanol–water partition coefficient (Wildman–Crippen LogP) is 3.54. The minimum atomic E-state index is -4.77. The van der Waals surface area contributed by atoms with Crippen molar-refractivity contribution in [3.8, 4) is 23.3 Å². The summed E-state index contributed by atoms with van der Waals surface area (Å²) in [5.41, 5.74) is 0.427. The smallest absolute Gasteiger partial charge is 0.391 e. The van der Waals surface area contributed by atoms with Crippen LogP contribution in [0.2, 0.25) is 0 Å². The van der Waals surface area contributed by atoms with Crippen LogP contribution >= 0.6 is 18.9 Å². The summed E-state index contributed by atoms with van der Waals surface area (Å²) in [5, 5.41) is 51.3. The molecule has 2 amide bonds. The molecule has 8 N–H and O–H groups in total. The summed E-state index contributed by atoms with van der Waals surface area (Å²) in [7, 11) is -9.27. The van der Waals surface area contributed by atoms with Crippen molar-refractivity contribution in [1.82, 2.24) is 15.4 Å². The molecule has 0 radical (unpaired) electrons. The normalized spacial score (nSPS) is 12.0. The van der Waals surface area contributed by atoms with E-state index in [1.54, 1.807) is 6.07 Å². The van der Waals surface area contributed by atoms with E-state index in [0.717, 1.165) is 23.5 Å². The molecule has 5 rings (SSSR count). The Morgan fingerprint density at radius 3 is 1.66 bits per heavy atom. The minimum Gasteiger partial charge on any atom is -0.488 e. The van der Waals surface area contributed by atoms with Gasteiger partial charge in [0.1, 0.15) is 41.3 Å². The van der Waals surface area contributed by atoms with E-state index in [1.165, 1.54) is 54.6 Å². The average molecular weight is 985 g/mol. The molecule has 0 bridgehead atoms. The number of benzene rings is 4. The molecular formula is C42H38FN4O17PS2. The maximum Gasteiger partial charge on any atom is 0.391 e. The van der Waals surface area contributed by atoms with Crippen molar-refractivity contribution in [3.63, 3.8) is 0 Å². The lowest BCUT2D eigenvalue weighted by Gasteiger charge is -2.15. The number of thiophene rings is 1. The molecule has 1 heterocycles. The molecule has 0 aliphatic rings. The molecule has 0 saturated heterocycles. The molecule has 0 spiro atoms. The van der Waals surface area contributed by atoms with Crippen LogP contribution in [0, 0.1) is 17.1 Å².